The van der Waals surface area contributed by atoms with Crippen molar-refractivity contribution >= 4 is 12.4 Å². The van der Waals surface area contributed by atoms with Crippen LogP contribution in [0, 0.1) is 5.92 Å². The number of rotatable bonds is 1. The highest BCUT2D eigenvalue weighted by Gasteiger charge is 2.51. The average Bonchev–Trinajstić information content (AvgIpc) is 2.47. The Hall–Kier alpha value is -0.730. The van der Waals surface area contributed by atoms with Gasteiger partial charge in [-0.05, 0) is 61.4 Å². The number of methoxy groups -OCH3 is 1. The van der Waals surface area contributed by atoms with Crippen LogP contribution in [0.15, 0.2) is 18.2 Å². The molecule has 2 nitrogen and oxygen atoms in total. The van der Waals surface area contributed by atoms with Crippen molar-refractivity contribution in [3.63, 3.8) is 0 Å². The highest BCUT2D eigenvalue weighted by atomic mass is 35.5. The molecule has 0 aromatic heterocycles. The number of fused-ring (bicyclic) bond motifs is 1. The number of hydrogen-bond donors (Lipinski definition) is 1. The average molecular weight is 294 g/mol. The quantitative estimate of drug-likeness (QED) is 0.856. The second-order valence-corrected chi connectivity index (χ2v) is 6.55. The van der Waals surface area contributed by atoms with Gasteiger partial charge in [0.2, 0.25) is 0 Å². The van der Waals surface area contributed by atoms with E-state index >= 15 is 0 Å². The van der Waals surface area contributed by atoms with Gasteiger partial charge in [0.1, 0.15) is 5.75 Å². The zero-order valence-electron chi connectivity index (χ0n) is 12.2. The van der Waals surface area contributed by atoms with Gasteiger partial charge in [-0.1, -0.05) is 18.9 Å². The molecule has 1 N–H and O–H groups in total. The first-order valence-electron chi connectivity index (χ1n) is 7.74. The molecule has 1 aromatic rings. The molecule has 0 spiro atoms. The molecule has 0 radical (unpaired) electrons. The summed E-state index contributed by atoms with van der Waals surface area (Å²) in [7, 11) is 1.78. The lowest BCUT2D eigenvalue weighted by molar-refractivity contribution is 0.0795. The van der Waals surface area contributed by atoms with Gasteiger partial charge in [0.05, 0.1) is 7.11 Å². The molecule has 1 saturated carbocycles. The van der Waals surface area contributed by atoms with E-state index in [0.717, 1.165) is 17.7 Å². The van der Waals surface area contributed by atoms with E-state index in [1.165, 1.54) is 45.1 Å². The van der Waals surface area contributed by atoms with Gasteiger partial charge < -0.3 is 10.1 Å². The molecule has 3 aliphatic rings. The maximum atomic E-state index is 5.48. The van der Waals surface area contributed by atoms with Crippen LogP contribution in [0.4, 0.5) is 0 Å². The number of piperidine rings is 1. The Kier molecular flexibility index (Phi) is 3.72. The van der Waals surface area contributed by atoms with Crippen LogP contribution >= 0.6 is 12.4 Å². The first kappa shape index (κ1) is 14.2. The standard InChI is InChI=1S/C17H23NO.ClH/c1-19-13-6-5-12-10-16-14-4-2-3-7-17(14,8-9-18-16)15(12)11-13;/h5-6,11,14,16,18H,2-4,7-10H2,1H3;1H/t14-,16+,17+;/m1./s1. The lowest BCUT2D eigenvalue weighted by atomic mass is 9.53. The molecule has 1 heterocycles. The molecule has 2 fully saturated rings. The summed E-state index contributed by atoms with van der Waals surface area (Å²) >= 11 is 0. The van der Waals surface area contributed by atoms with Crippen LogP contribution in [0.1, 0.15) is 43.2 Å². The van der Waals surface area contributed by atoms with E-state index in [9.17, 15) is 0 Å². The van der Waals surface area contributed by atoms with Crippen LogP contribution in [0.2, 0.25) is 0 Å². The maximum Gasteiger partial charge on any atom is 0.119 e. The second-order valence-electron chi connectivity index (χ2n) is 6.55. The third-order valence-corrected chi connectivity index (χ3v) is 5.85. The Morgan fingerprint density at radius 1 is 1.25 bits per heavy atom. The summed E-state index contributed by atoms with van der Waals surface area (Å²) in [6.45, 7) is 1.19. The molecule has 1 aromatic carbocycles. The smallest absolute Gasteiger partial charge is 0.119 e. The molecule has 110 valence electrons. The van der Waals surface area contributed by atoms with Crippen LogP contribution in [-0.4, -0.2) is 19.7 Å². The van der Waals surface area contributed by atoms with Gasteiger partial charge in [-0.15, -0.1) is 12.4 Å². The molecule has 1 saturated heterocycles. The Morgan fingerprint density at radius 2 is 2.15 bits per heavy atom. The lowest BCUT2D eigenvalue weighted by Crippen LogP contribution is -2.59. The van der Waals surface area contributed by atoms with Crippen LogP contribution < -0.4 is 10.1 Å². The van der Waals surface area contributed by atoms with Gasteiger partial charge in [0, 0.05) is 11.5 Å². The minimum Gasteiger partial charge on any atom is -0.497 e. The van der Waals surface area contributed by atoms with E-state index in [2.05, 4.69) is 23.5 Å². The monoisotopic (exact) mass is 293 g/mol. The molecule has 1 aliphatic heterocycles. The summed E-state index contributed by atoms with van der Waals surface area (Å²) in [5.74, 6) is 1.89. The number of halogens is 1. The van der Waals surface area contributed by atoms with E-state index in [1.807, 2.05) is 0 Å². The van der Waals surface area contributed by atoms with E-state index in [-0.39, 0.29) is 12.4 Å². The summed E-state index contributed by atoms with van der Waals surface area (Å²) < 4.78 is 5.48. The van der Waals surface area contributed by atoms with Crippen molar-refractivity contribution in [2.45, 2.75) is 50.0 Å². The first-order chi connectivity index (χ1) is 9.33. The van der Waals surface area contributed by atoms with Crippen LogP contribution in [-0.2, 0) is 11.8 Å². The molecular weight excluding hydrogens is 270 g/mol. The molecule has 0 amide bonds. The molecule has 4 rings (SSSR count). The molecule has 2 bridgehead atoms. The van der Waals surface area contributed by atoms with Gasteiger partial charge in [0.15, 0.2) is 0 Å². The number of ether oxygens (including phenoxy) is 1. The highest BCUT2D eigenvalue weighted by Crippen LogP contribution is 2.54. The highest BCUT2D eigenvalue weighted by molar-refractivity contribution is 5.85. The van der Waals surface area contributed by atoms with Gasteiger partial charge in [-0.2, -0.15) is 0 Å². The Balaban J connectivity index is 0.00000121. The summed E-state index contributed by atoms with van der Waals surface area (Å²) in [5.41, 5.74) is 3.64. The number of nitrogens with one attached hydrogen (secondary N) is 1. The second kappa shape index (κ2) is 5.23. The van der Waals surface area contributed by atoms with Crippen molar-refractivity contribution < 1.29 is 4.74 Å². The van der Waals surface area contributed by atoms with Crippen molar-refractivity contribution in [1.29, 1.82) is 0 Å². The van der Waals surface area contributed by atoms with Gasteiger partial charge in [-0.3, -0.25) is 0 Å². The zero-order chi connectivity index (χ0) is 12.9. The van der Waals surface area contributed by atoms with Crippen molar-refractivity contribution in [1.82, 2.24) is 5.32 Å². The predicted molar refractivity (Wildman–Crippen MR) is 84.0 cm³/mol. The fourth-order valence-electron chi connectivity index (χ4n) is 5.03. The summed E-state index contributed by atoms with van der Waals surface area (Å²) in [6.07, 6.45) is 8.15. The normalized spacial score (nSPS) is 34.5. The Bertz CT molecular complexity index is 500. The fourth-order valence-corrected chi connectivity index (χ4v) is 5.03. The van der Waals surface area contributed by atoms with Crippen molar-refractivity contribution in [3.05, 3.63) is 29.3 Å². The third kappa shape index (κ3) is 1.88. The van der Waals surface area contributed by atoms with Crippen LogP contribution in [0.5, 0.6) is 5.75 Å². The Morgan fingerprint density at radius 3 is 3.00 bits per heavy atom. The zero-order valence-corrected chi connectivity index (χ0v) is 13.0. The maximum absolute atomic E-state index is 5.48. The van der Waals surface area contributed by atoms with Crippen molar-refractivity contribution in [3.8, 4) is 5.75 Å². The molecule has 2 aliphatic carbocycles. The largest absolute Gasteiger partial charge is 0.497 e. The predicted octanol–water partition coefficient (Wildman–Crippen LogP) is 3.46. The van der Waals surface area contributed by atoms with Crippen LogP contribution in [0.3, 0.4) is 0 Å². The third-order valence-electron chi connectivity index (χ3n) is 5.85. The summed E-state index contributed by atoms with van der Waals surface area (Å²) in [4.78, 5) is 0. The van der Waals surface area contributed by atoms with Crippen molar-refractivity contribution in [2.24, 2.45) is 5.92 Å². The van der Waals surface area contributed by atoms with Gasteiger partial charge >= 0.3 is 0 Å². The molecular formula is C17H24ClNO. The first-order valence-corrected chi connectivity index (χ1v) is 7.74. The summed E-state index contributed by atoms with van der Waals surface area (Å²) in [5, 5.41) is 3.78. The molecule has 3 atom stereocenters. The number of hydrogen-bond acceptors (Lipinski definition) is 2. The van der Waals surface area contributed by atoms with E-state index in [1.54, 1.807) is 18.2 Å². The van der Waals surface area contributed by atoms with E-state index < -0.39 is 0 Å². The van der Waals surface area contributed by atoms with Crippen LogP contribution in [0.25, 0.3) is 0 Å². The summed E-state index contributed by atoms with van der Waals surface area (Å²) in [6, 6.07) is 7.50. The lowest BCUT2D eigenvalue weighted by Gasteiger charge is -2.56. The molecule has 0 unspecified atom stereocenters. The van der Waals surface area contributed by atoms with E-state index in [4.69, 9.17) is 4.74 Å². The van der Waals surface area contributed by atoms with Gasteiger partial charge in [0.25, 0.3) is 0 Å². The Labute approximate surface area is 127 Å². The minimum atomic E-state index is 0. The van der Waals surface area contributed by atoms with Crippen molar-refractivity contribution in [2.75, 3.05) is 13.7 Å². The molecule has 3 heteroatoms. The number of benzene rings is 1. The SMILES string of the molecule is COc1ccc2c(c1)[C@]13CCCC[C@@H]1[C@H](C2)NCC3.Cl. The minimum absolute atomic E-state index is 0. The van der Waals surface area contributed by atoms with E-state index in [0.29, 0.717) is 5.41 Å². The topological polar surface area (TPSA) is 21.3 Å². The van der Waals surface area contributed by atoms with Gasteiger partial charge in [-0.25, -0.2) is 0 Å². The fraction of sp³-hybridized carbons (Fsp3) is 0.647. The molecule has 20 heavy (non-hydrogen) atoms.